The minimum absolute atomic E-state index is 0.253. The van der Waals surface area contributed by atoms with Gasteiger partial charge >= 0.3 is 6.09 Å². The predicted molar refractivity (Wildman–Crippen MR) is 105 cm³/mol. The van der Waals surface area contributed by atoms with E-state index in [2.05, 4.69) is 10.3 Å². The van der Waals surface area contributed by atoms with Crippen molar-refractivity contribution in [1.29, 1.82) is 0 Å². The summed E-state index contributed by atoms with van der Waals surface area (Å²) >= 11 is 6.06. The molecule has 0 spiro atoms. The molecule has 1 aliphatic rings. The summed E-state index contributed by atoms with van der Waals surface area (Å²) in [5.74, 6) is 0. The number of nitrogens with zero attached hydrogens (tertiary/aromatic N) is 2. The van der Waals surface area contributed by atoms with E-state index in [9.17, 15) is 4.79 Å². The molecule has 0 unspecified atom stereocenters. The number of hydrogen-bond donors (Lipinski definition) is 1. The molecular weight excluding hydrogens is 350 g/mol. The Hall–Kier alpha value is -2.27. The van der Waals surface area contributed by atoms with Crippen molar-refractivity contribution >= 4 is 23.4 Å². The van der Waals surface area contributed by atoms with E-state index in [1.807, 2.05) is 56.3 Å². The number of halogens is 1. The summed E-state index contributed by atoms with van der Waals surface area (Å²) in [5, 5.41) is 3.87. The van der Waals surface area contributed by atoms with Crippen molar-refractivity contribution in [3.8, 4) is 0 Å². The molecule has 5 nitrogen and oxygen atoms in total. The van der Waals surface area contributed by atoms with Gasteiger partial charge in [-0.2, -0.15) is 0 Å². The number of amides is 1. The number of anilines is 1. The second kappa shape index (κ2) is 10.7. The van der Waals surface area contributed by atoms with Gasteiger partial charge in [0.05, 0.1) is 5.69 Å². The van der Waals surface area contributed by atoms with Gasteiger partial charge in [0.2, 0.25) is 0 Å². The SMILES string of the molecule is CC.O=C(OCc1ccccc1)N1CCC(Nc2cccnc2Cl)CC1. The molecule has 140 valence electrons. The van der Waals surface area contributed by atoms with Crippen LogP contribution >= 0.6 is 11.6 Å². The fourth-order valence-corrected chi connectivity index (χ4v) is 2.90. The summed E-state index contributed by atoms with van der Waals surface area (Å²) in [6, 6.07) is 13.7. The lowest BCUT2D eigenvalue weighted by atomic mass is 10.1. The Bertz CT molecular complexity index is 674. The third-order valence-electron chi connectivity index (χ3n) is 4.08. The Kier molecular flexibility index (Phi) is 8.22. The minimum atomic E-state index is -0.253. The second-order valence-electron chi connectivity index (χ2n) is 5.79. The largest absolute Gasteiger partial charge is 0.445 e. The summed E-state index contributed by atoms with van der Waals surface area (Å²) in [6.07, 6.45) is 3.12. The van der Waals surface area contributed by atoms with E-state index in [0.29, 0.717) is 24.8 Å². The van der Waals surface area contributed by atoms with Crippen LogP contribution in [0.4, 0.5) is 10.5 Å². The monoisotopic (exact) mass is 375 g/mol. The number of likely N-dealkylation sites (tertiary alicyclic amines) is 1. The maximum absolute atomic E-state index is 12.1. The summed E-state index contributed by atoms with van der Waals surface area (Å²) in [4.78, 5) is 18.0. The van der Waals surface area contributed by atoms with Crippen molar-refractivity contribution in [2.45, 2.75) is 39.3 Å². The molecular formula is C20H26ClN3O2. The summed E-state index contributed by atoms with van der Waals surface area (Å²) in [5.41, 5.74) is 1.83. The summed E-state index contributed by atoms with van der Waals surface area (Å²) in [7, 11) is 0. The van der Waals surface area contributed by atoms with Crippen LogP contribution in [-0.2, 0) is 11.3 Å². The summed E-state index contributed by atoms with van der Waals surface area (Å²) in [6.45, 7) is 5.65. The zero-order chi connectivity index (χ0) is 18.8. The van der Waals surface area contributed by atoms with Gasteiger partial charge < -0.3 is 15.0 Å². The third kappa shape index (κ3) is 5.92. The van der Waals surface area contributed by atoms with Gasteiger partial charge in [0.25, 0.3) is 0 Å². The van der Waals surface area contributed by atoms with Crippen molar-refractivity contribution in [2.24, 2.45) is 0 Å². The van der Waals surface area contributed by atoms with Gasteiger partial charge in [-0.15, -0.1) is 0 Å². The minimum Gasteiger partial charge on any atom is -0.445 e. The maximum atomic E-state index is 12.1. The number of benzene rings is 1. The first-order valence-corrected chi connectivity index (χ1v) is 9.43. The molecule has 0 atom stereocenters. The van der Waals surface area contributed by atoms with E-state index in [4.69, 9.17) is 16.3 Å². The van der Waals surface area contributed by atoms with Gasteiger partial charge in [-0.05, 0) is 30.5 Å². The Balaban J connectivity index is 0.00000117. The molecule has 1 amide bonds. The second-order valence-corrected chi connectivity index (χ2v) is 6.15. The Labute approximate surface area is 160 Å². The first kappa shape index (κ1) is 20.0. The van der Waals surface area contributed by atoms with Crippen molar-refractivity contribution in [2.75, 3.05) is 18.4 Å². The number of pyridine rings is 1. The number of nitrogens with one attached hydrogen (secondary N) is 1. The van der Waals surface area contributed by atoms with Gasteiger partial charge in [0, 0.05) is 25.3 Å². The van der Waals surface area contributed by atoms with Crippen LogP contribution in [-0.4, -0.2) is 35.1 Å². The fourth-order valence-electron chi connectivity index (χ4n) is 2.73. The molecule has 2 aromatic rings. The first-order chi connectivity index (χ1) is 12.7. The topological polar surface area (TPSA) is 54.5 Å². The van der Waals surface area contributed by atoms with Gasteiger partial charge in [-0.3, -0.25) is 0 Å². The van der Waals surface area contributed by atoms with E-state index < -0.39 is 0 Å². The van der Waals surface area contributed by atoms with Crippen LogP contribution < -0.4 is 5.32 Å². The lowest BCUT2D eigenvalue weighted by Crippen LogP contribution is -2.42. The lowest BCUT2D eigenvalue weighted by Gasteiger charge is -2.32. The molecule has 0 radical (unpaired) electrons. The molecule has 0 bridgehead atoms. The molecule has 1 fully saturated rings. The van der Waals surface area contributed by atoms with Gasteiger partial charge in [0.15, 0.2) is 5.15 Å². The van der Waals surface area contributed by atoms with Crippen LogP contribution in [0.25, 0.3) is 0 Å². The molecule has 3 rings (SSSR count). The predicted octanol–water partition coefficient (Wildman–Crippen LogP) is 4.97. The highest BCUT2D eigenvalue weighted by molar-refractivity contribution is 6.31. The normalized spacial score (nSPS) is 14.2. The smallest absolute Gasteiger partial charge is 0.410 e. The number of carbonyl (C=O) groups excluding carboxylic acids is 1. The Morgan fingerprint density at radius 2 is 1.88 bits per heavy atom. The van der Waals surface area contributed by atoms with Crippen LogP contribution in [0.1, 0.15) is 32.3 Å². The van der Waals surface area contributed by atoms with E-state index >= 15 is 0 Å². The van der Waals surface area contributed by atoms with Crippen molar-refractivity contribution in [3.05, 3.63) is 59.4 Å². The number of carbonyl (C=O) groups is 1. The van der Waals surface area contributed by atoms with Crippen LogP contribution in [0.2, 0.25) is 5.15 Å². The average molecular weight is 376 g/mol. The Morgan fingerprint density at radius 3 is 2.54 bits per heavy atom. The van der Waals surface area contributed by atoms with Crippen molar-refractivity contribution in [3.63, 3.8) is 0 Å². The summed E-state index contributed by atoms with van der Waals surface area (Å²) < 4.78 is 5.38. The van der Waals surface area contributed by atoms with E-state index in [1.54, 1.807) is 11.1 Å². The highest BCUT2D eigenvalue weighted by Gasteiger charge is 2.24. The third-order valence-corrected chi connectivity index (χ3v) is 4.38. The van der Waals surface area contributed by atoms with Gasteiger partial charge in [0.1, 0.15) is 6.61 Å². The standard InChI is InChI=1S/C18H20ClN3O2.C2H6/c19-17-16(7-4-10-20-17)21-15-8-11-22(12-9-15)18(23)24-13-14-5-2-1-3-6-14;1-2/h1-7,10,15,21H,8-9,11-13H2;1-2H3. The highest BCUT2D eigenvalue weighted by atomic mass is 35.5. The molecule has 2 heterocycles. The number of rotatable bonds is 4. The number of aromatic nitrogens is 1. The zero-order valence-corrected chi connectivity index (χ0v) is 16.1. The maximum Gasteiger partial charge on any atom is 0.410 e. The quantitative estimate of drug-likeness (QED) is 0.766. The number of piperidine rings is 1. The Morgan fingerprint density at radius 1 is 1.19 bits per heavy atom. The number of ether oxygens (including phenoxy) is 1. The highest BCUT2D eigenvalue weighted by Crippen LogP contribution is 2.22. The molecule has 1 N–H and O–H groups in total. The van der Waals surface area contributed by atoms with E-state index in [-0.39, 0.29) is 12.1 Å². The zero-order valence-electron chi connectivity index (χ0n) is 15.3. The lowest BCUT2D eigenvalue weighted by molar-refractivity contribution is 0.0882. The average Bonchev–Trinajstić information content (AvgIpc) is 2.71. The van der Waals surface area contributed by atoms with Gasteiger partial charge in [-0.25, -0.2) is 9.78 Å². The van der Waals surface area contributed by atoms with Crippen LogP contribution in [0.3, 0.4) is 0 Å². The van der Waals surface area contributed by atoms with Crippen molar-refractivity contribution in [1.82, 2.24) is 9.88 Å². The van der Waals surface area contributed by atoms with Gasteiger partial charge in [-0.1, -0.05) is 55.8 Å². The molecule has 1 saturated heterocycles. The van der Waals surface area contributed by atoms with E-state index in [1.165, 1.54) is 0 Å². The molecule has 1 aliphatic heterocycles. The van der Waals surface area contributed by atoms with Crippen LogP contribution in [0, 0.1) is 0 Å². The molecule has 26 heavy (non-hydrogen) atoms. The number of hydrogen-bond acceptors (Lipinski definition) is 4. The fraction of sp³-hybridized carbons (Fsp3) is 0.400. The molecule has 0 saturated carbocycles. The molecule has 1 aromatic heterocycles. The van der Waals surface area contributed by atoms with Crippen molar-refractivity contribution < 1.29 is 9.53 Å². The molecule has 1 aromatic carbocycles. The van der Waals surface area contributed by atoms with Crippen LogP contribution in [0.15, 0.2) is 48.7 Å². The van der Waals surface area contributed by atoms with Crippen LogP contribution in [0.5, 0.6) is 0 Å². The first-order valence-electron chi connectivity index (χ1n) is 9.05. The van der Waals surface area contributed by atoms with E-state index in [0.717, 1.165) is 24.1 Å². The molecule has 0 aliphatic carbocycles. The molecule has 6 heteroatoms.